The van der Waals surface area contributed by atoms with Crippen LogP contribution in [0.15, 0.2) is 0 Å². The highest BCUT2D eigenvalue weighted by Crippen LogP contribution is 2.26. The third-order valence-corrected chi connectivity index (χ3v) is 1.81. The average Bonchev–Trinajstić information content (AvgIpc) is 2.33. The van der Waals surface area contributed by atoms with E-state index in [1.54, 1.807) is 0 Å². The van der Waals surface area contributed by atoms with Gasteiger partial charge >= 0.3 is 0 Å². The van der Waals surface area contributed by atoms with E-state index in [2.05, 4.69) is 0 Å². The van der Waals surface area contributed by atoms with E-state index in [1.807, 2.05) is 0 Å². The molecule has 1 fully saturated rings. The summed E-state index contributed by atoms with van der Waals surface area (Å²) < 4.78 is 5.09. The van der Waals surface area contributed by atoms with Crippen LogP contribution in [0, 0.1) is 0 Å². The minimum absolute atomic E-state index is 0.131. The van der Waals surface area contributed by atoms with E-state index >= 15 is 0 Å². The predicted molar refractivity (Wildman–Crippen MR) is 36.5 cm³/mol. The van der Waals surface area contributed by atoms with Crippen LogP contribution < -0.4 is 0 Å². The molecule has 0 aliphatic carbocycles. The molecule has 1 saturated heterocycles. The highest BCUT2D eigenvalue weighted by molar-refractivity contribution is 4.72. The Balaban J connectivity index is 2.22. The first-order valence-electron chi connectivity index (χ1n) is 3.74. The molecular formula is C7H14O3. The van der Waals surface area contributed by atoms with Gasteiger partial charge in [0.05, 0.1) is 6.61 Å². The van der Waals surface area contributed by atoms with Gasteiger partial charge < -0.3 is 14.9 Å². The van der Waals surface area contributed by atoms with Crippen LogP contribution in [-0.2, 0) is 4.74 Å². The zero-order valence-corrected chi connectivity index (χ0v) is 6.05. The van der Waals surface area contributed by atoms with Crippen molar-refractivity contribution in [3.05, 3.63) is 0 Å². The molecule has 1 aliphatic heterocycles. The molecule has 0 aromatic rings. The van der Waals surface area contributed by atoms with Gasteiger partial charge in [0, 0.05) is 19.4 Å². The maximum absolute atomic E-state index is 9.49. The summed E-state index contributed by atoms with van der Waals surface area (Å²) in [6, 6.07) is 0. The van der Waals surface area contributed by atoms with Crippen molar-refractivity contribution < 1.29 is 14.9 Å². The number of aliphatic hydroxyl groups excluding tert-OH is 1. The first kappa shape index (κ1) is 7.98. The van der Waals surface area contributed by atoms with Gasteiger partial charge in [0.1, 0.15) is 0 Å². The summed E-state index contributed by atoms with van der Waals surface area (Å²) in [5.74, 6) is -0.914. The van der Waals surface area contributed by atoms with Crippen LogP contribution in [0.2, 0.25) is 0 Å². The third kappa shape index (κ3) is 1.94. The number of aliphatic hydroxyl groups is 2. The predicted octanol–water partition coefficient (Wildman–Crippen LogP) is 0.258. The van der Waals surface area contributed by atoms with Crippen LogP contribution in [0.25, 0.3) is 0 Å². The summed E-state index contributed by atoms with van der Waals surface area (Å²) in [7, 11) is 0. The topological polar surface area (TPSA) is 49.7 Å². The SMILES string of the molecule is OCCCC1(O)CCCO1. The molecule has 3 heteroatoms. The van der Waals surface area contributed by atoms with Crippen LogP contribution in [0.5, 0.6) is 0 Å². The van der Waals surface area contributed by atoms with E-state index in [0.29, 0.717) is 25.9 Å². The molecule has 0 spiro atoms. The molecule has 0 radical (unpaired) electrons. The Kier molecular flexibility index (Phi) is 2.65. The smallest absolute Gasteiger partial charge is 0.165 e. The quantitative estimate of drug-likeness (QED) is 0.600. The Labute approximate surface area is 60.6 Å². The molecule has 60 valence electrons. The van der Waals surface area contributed by atoms with Crippen molar-refractivity contribution >= 4 is 0 Å². The summed E-state index contributed by atoms with van der Waals surface area (Å²) in [5.41, 5.74) is 0. The zero-order chi connectivity index (χ0) is 7.45. The van der Waals surface area contributed by atoms with E-state index < -0.39 is 5.79 Å². The largest absolute Gasteiger partial charge is 0.396 e. The Morgan fingerprint density at radius 2 is 2.30 bits per heavy atom. The fourth-order valence-electron chi connectivity index (χ4n) is 1.24. The van der Waals surface area contributed by atoms with Gasteiger partial charge in [-0.25, -0.2) is 0 Å². The first-order chi connectivity index (χ1) is 4.77. The normalized spacial score (nSPS) is 33.0. The fraction of sp³-hybridized carbons (Fsp3) is 1.00. The van der Waals surface area contributed by atoms with Gasteiger partial charge in [-0.15, -0.1) is 0 Å². The van der Waals surface area contributed by atoms with E-state index in [0.717, 1.165) is 6.42 Å². The van der Waals surface area contributed by atoms with Crippen molar-refractivity contribution in [2.24, 2.45) is 0 Å². The van der Waals surface area contributed by atoms with Crippen molar-refractivity contribution in [3.63, 3.8) is 0 Å². The summed E-state index contributed by atoms with van der Waals surface area (Å²) in [6.45, 7) is 0.785. The Hall–Kier alpha value is -0.120. The highest BCUT2D eigenvalue weighted by atomic mass is 16.6. The molecular weight excluding hydrogens is 132 g/mol. The van der Waals surface area contributed by atoms with Crippen LogP contribution in [0.3, 0.4) is 0 Å². The van der Waals surface area contributed by atoms with E-state index in [1.165, 1.54) is 0 Å². The number of hydrogen-bond donors (Lipinski definition) is 2. The van der Waals surface area contributed by atoms with Crippen LogP contribution in [-0.4, -0.2) is 29.2 Å². The van der Waals surface area contributed by atoms with Crippen LogP contribution in [0.4, 0.5) is 0 Å². The van der Waals surface area contributed by atoms with Gasteiger partial charge in [-0.1, -0.05) is 0 Å². The van der Waals surface area contributed by atoms with Crippen molar-refractivity contribution in [1.29, 1.82) is 0 Å². The van der Waals surface area contributed by atoms with E-state index in [9.17, 15) is 5.11 Å². The maximum atomic E-state index is 9.49. The van der Waals surface area contributed by atoms with Gasteiger partial charge in [-0.2, -0.15) is 0 Å². The molecule has 1 aliphatic rings. The Morgan fingerprint density at radius 1 is 1.50 bits per heavy atom. The van der Waals surface area contributed by atoms with E-state index in [-0.39, 0.29) is 6.61 Å². The van der Waals surface area contributed by atoms with Crippen molar-refractivity contribution in [2.75, 3.05) is 13.2 Å². The van der Waals surface area contributed by atoms with Gasteiger partial charge in [0.25, 0.3) is 0 Å². The van der Waals surface area contributed by atoms with Gasteiger partial charge in [-0.3, -0.25) is 0 Å². The second kappa shape index (κ2) is 3.32. The van der Waals surface area contributed by atoms with Gasteiger partial charge in [0.2, 0.25) is 0 Å². The zero-order valence-electron chi connectivity index (χ0n) is 6.05. The molecule has 0 aromatic carbocycles. The van der Waals surface area contributed by atoms with Crippen LogP contribution in [0.1, 0.15) is 25.7 Å². The molecule has 2 N–H and O–H groups in total. The molecule has 1 unspecified atom stereocenters. The molecule has 1 atom stereocenters. The molecule has 0 amide bonds. The lowest BCUT2D eigenvalue weighted by Gasteiger charge is -2.20. The third-order valence-electron chi connectivity index (χ3n) is 1.81. The Morgan fingerprint density at radius 3 is 2.80 bits per heavy atom. The van der Waals surface area contributed by atoms with Crippen molar-refractivity contribution in [2.45, 2.75) is 31.5 Å². The summed E-state index contributed by atoms with van der Waals surface area (Å²) >= 11 is 0. The maximum Gasteiger partial charge on any atom is 0.165 e. The van der Waals surface area contributed by atoms with Crippen LogP contribution >= 0.6 is 0 Å². The fourth-order valence-corrected chi connectivity index (χ4v) is 1.24. The molecule has 0 aromatic heterocycles. The lowest BCUT2D eigenvalue weighted by Crippen LogP contribution is -2.26. The second-order valence-corrected chi connectivity index (χ2v) is 2.73. The summed E-state index contributed by atoms with van der Waals surface area (Å²) in [6.07, 6.45) is 2.83. The molecule has 1 rings (SSSR count). The van der Waals surface area contributed by atoms with Gasteiger partial charge in [0.15, 0.2) is 5.79 Å². The standard InChI is InChI=1S/C7H14O3/c8-5-1-3-7(9)4-2-6-10-7/h8-9H,1-6H2. The highest BCUT2D eigenvalue weighted by Gasteiger charge is 2.31. The molecule has 1 heterocycles. The summed E-state index contributed by atoms with van der Waals surface area (Å²) in [4.78, 5) is 0. The van der Waals surface area contributed by atoms with Crippen molar-refractivity contribution in [1.82, 2.24) is 0 Å². The second-order valence-electron chi connectivity index (χ2n) is 2.73. The molecule has 10 heavy (non-hydrogen) atoms. The number of ether oxygens (including phenoxy) is 1. The summed E-state index contributed by atoms with van der Waals surface area (Å²) in [5, 5.41) is 18.0. The monoisotopic (exact) mass is 146 g/mol. The first-order valence-corrected chi connectivity index (χ1v) is 3.74. The minimum Gasteiger partial charge on any atom is -0.396 e. The van der Waals surface area contributed by atoms with E-state index in [4.69, 9.17) is 9.84 Å². The molecule has 0 saturated carbocycles. The average molecular weight is 146 g/mol. The molecule has 3 nitrogen and oxygen atoms in total. The molecule has 0 bridgehead atoms. The minimum atomic E-state index is -0.914. The Bertz CT molecular complexity index is 97.0. The lowest BCUT2D eigenvalue weighted by atomic mass is 10.1. The number of hydrogen-bond acceptors (Lipinski definition) is 3. The number of rotatable bonds is 3. The van der Waals surface area contributed by atoms with Gasteiger partial charge in [-0.05, 0) is 12.8 Å². The van der Waals surface area contributed by atoms with Crippen molar-refractivity contribution in [3.8, 4) is 0 Å². The lowest BCUT2D eigenvalue weighted by molar-refractivity contribution is -0.176.